The Morgan fingerprint density at radius 3 is 2.58 bits per heavy atom. The number of unbranched alkanes of at least 4 members (excludes halogenated alkanes) is 1. The molecule has 6 nitrogen and oxygen atoms in total. The number of amides is 1. The maximum Gasteiger partial charge on any atom is 0.251 e. The molecular weight excluding hydrogens is 454 g/mol. The number of nitrogens with zero attached hydrogens (tertiary/aromatic N) is 1. The summed E-state index contributed by atoms with van der Waals surface area (Å²) in [5.74, 6) is -0.146. The van der Waals surface area contributed by atoms with Crippen LogP contribution in [-0.2, 0) is 16.4 Å². The number of benzene rings is 1. The van der Waals surface area contributed by atoms with Crippen LogP contribution in [0.1, 0.15) is 60.0 Å². The molecule has 172 valence electrons. The lowest BCUT2D eigenvalue weighted by molar-refractivity contribution is 0.0917. The van der Waals surface area contributed by atoms with E-state index in [0.29, 0.717) is 29.9 Å². The smallest absolute Gasteiger partial charge is 0.251 e. The Morgan fingerprint density at radius 2 is 1.94 bits per heavy atom. The van der Waals surface area contributed by atoms with Gasteiger partial charge in [0, 0.05) is 41.3 Å². The zero-order valence-corrected chi connectivity index (χ0v) is 20.7. The lowest BCUT2D eigenvalue weighted by Gasteiger charge is -2.40. The molecule has 0 saturated heterocycles. The number of hydrogen-bond donors (Lipinski definition) is 2. The van der Waals surface area contributed by atoms with Crippen molar-refractivity contribution in [3.8, 4) is 0 Å². The van der Waals surface area contributed by atoms with Crippen molar-refractivity contribution in [3.05, 3.63) is 51.7 Å². The fraction of sp³-hybridized carbons (Fsp3) is 0.500. The van der Waals surface area contributed by atoms with Gasteiger partial charge in [0.2, 0.25) is 10.0 Å². The van der Waals surface area contributed by atoms with Gasteiger partial charge < -0.3 is 5.32 Å². The molecule has 2 aromatic rings. The number of fused-ring (bicyclic) bond motifs is 1. The van der Waals surface area contributed by atoms with E-state index in [1.807, 2.05) is 11.3 Å². The van der Waals surface area contributed by atoms with Crippen LogP contribution in [0.25, 0.3) is 0 Å². The van der Waals surface area contributed by atoms with Crippen molar-refractivity contribution in [3.63, 3.8) is 0 Å². The third-order valence-electron chi connectivity index (χ3n) is 5.50. The highest BCUT2D eigenvalue weighted by molar-refractivity contribution is 7.92. The minimum absolute atomic E-state index is 0. The number of halogens is 1. The standard InChI is InChI=1S/C22H31N3O3S2.ClH/c1-4-5-6-20-21-18(11-14-29-21)15-16(2)25(20)13-12-23-22(26)17-7-9-19(10-8-17)24-30(3,27)28;/h7-11,14,16,20,24H,4-6,12-13,15H2,1-3H3,(H,23,26);1H. The third kappa shape index (κ3) is 6.94. The Bertz CT molecular complexity index is 961. The Kier molecular flexibility index (Phi) is 9.36. The highest BCUT2D eigenvalue weighted by Crippen LogP contribution is 2.39. The molecule has 1 aromatic heterocycles. The second-order valence-corrected chi connectivity index (χ2v) is 10.7. The summed E-state index contributed by atoms with van der Waals surface area (Å²) < 4.78 is 25.0. The fourth-order valence-corrected chi connectivity index (χ4v) is 5.73. The first-order valence-electron chi connectivity index (χ1n) is 10.5. The molecule has 1 aromatic carbocycles. The number of thiophene rings is 1. The van der Waals surface area contributed by atoms with Crippen molar-refractivity contribution in [1.82, 2.24) is 10.2 Å². The molecular formula is C22H32ClN3O3S2. The predicted octanol–water partition coefficient (Wildman–Crippen LogP) is 4.45. The average molecular weight is 486 g/mol. The van der Waals surface area contributed by atoms with Crippen molar-refractivity contribution in [2.75, 3.05) is 24.1 Å². The van der Waals surface area contributed by atoms with Crippen LogP contribution in [0.3, 0.4) is 0 Å². The van der Waals surface area contributed by atoms with E-state index < -0.39 is 10.0 Å². The van der Waals surface area contributed by atoms with Gasteiger partial charge in [-0.3, -0.25) is 14.4 Å². The fourth-order valence-electron chi connectivity index (χ4n) is 4.08. The largest absolute Gasteiger partial charge is 0.351 e. The van der Waals surface area contributed by atoms with Gasteiger partial charge in [0.1, 0.15) is 0 Å². The Labute approximate surface area is 195 Å². The molecule has 0 spiro atoms. The monoisotopic (exact) mass is 485 g/mol. The number of hydrogen-bond acceptors (Lipinski definition) is 5. The summed E-state index contributed by atoms with van der Waals surface area (Å²) in [6.45, 7) is 5.89. The van der Waals surface area contributed by atoms with Gasteiger partial charge in [0.15, 0.2) is 0 Å². The molecule has 1 aliphatic rings. The van der Waals surface area contributed by atoms with Gasteiger partial charge in [-0.2, -0.15) is 0 Å². The van der Waals surface area contributed by atoms with Gasteiger partial charge in [0.05, 0.1) is 6.26 Å². The highest BCUT2D eigenvalue weighted by atomic mass is 35.5. The van der Waals surface area contributed by atoms with Gasteiger partial charge in [-0.1, -0.05) is 19.8 Å². The molecule has 0 aliphatic carbocycles. The van der Waals surface area contributed by atoms with E-state index >= 15 is 0 Å². The molecule has 0 radical (unpaired) electrons. The summed E-state index contributed by atoms with van der Waals surface area (Å²) in [5, 5.41) is 5.21. The molecule has 0 fully saturated rings. The molecule has 0 bridgehead atoms. The van der Waals surface area contributed by atoms with E-state index in [4.69, 9.17) is 0 Å². The van der Waals surface area contributed by atoms with Crippen LogP contribution in [0.4, 0.5) is 5.69 Å². The topological polar surface area (TPSA) is 78.5 Å². The maximum absolute atomic E-state index is 12.5. The zero-order chi connectivity index (χ0) is 21.7. The summed E-state index contributed by atoms with van der Waals surface area (Å²) in [7, 11) is -3.33. The number of nitrogens with one attached hydrogen (secondary N) is 2. The Hall–Kier alpha value is -1.61. The van der Waals surface area contributed by atoms with Crippen LogP contribution in [0, 0.1) is 0 Å². The molecule has 1 aliphatic heterocycles. The molecule has 31 heavy (non-hydrogen) atoms. The first kappa shape index (κ1) is 25.6. The lowest BCUT2D eigenvalue weighted by atomic mass is 9.93. The number of anilines is 1. The summed E-state index contributed by atoms with van der Waals surface area (Å²) in [6, 6.07) is 9.61. The van der Waals surface area contributed by atoms with Crippen molar-refractivity contribution in [2.45, 2.75) is 51.6 Å². The van der Waals surface area contributed by atoms with E-state index in [0.717, 1.165) is 25.6 Å². The van der Waals surface area contributed by atoms with E-state index in [2.05, 4.69) is 40.2 Å². The maximum atomic E-state index is 12.5. The molecule has 2 unspecified atom stereocenters. The van der Waals surface area contributed by atoms with Crippen LogP contribution in [0.5, 0.6) is 0 Å². The van der Waals surface area contributed by atoms with Crippen LogP contribution in [-0.4, -0.2) is 44.6 Å². The summed E-state index contributed by atoms with van der Waals surface area (Å²) in [6.07, 6.45) is 5.69. The number of carbonyl (C=O) groups excluding carboxylic acids is 1. The lowest BCUT2D eigenvalue weighted by Crippen LogP contribution is -2.45. The van der Waals surface area contributed by atoms with Gasteiger partial charge >= 0.3 is 0 Å². The molecule has 2 heterocycles. The van der Waals surface area contributed by atoms with Crippen molar-refractivity contribution in [1.29, 1.82) is 0 Å². The molecule has 1 amide bonds. The first-order chi connectivity index (χ1) is 14.3. The minimum Gasteiger partial charge on any atom is -0.351 e. The second kappa shape index (κ2) is 11.3. The molecule has 2 N–H and O–H groups in total. The van der Waals surface area contributed by atoms with Gasteiger partial charge in [-0.15, -0.1) is 23.7 Å². The van der Waals surface area contributed by atoms with Gasteiger partial charge in [-0.05, 0) is 61.0 Å². The summed E-state index contributed by atoms with van der Waals surface area (Å²) >= 11 is 1.85. The summed E-state index contributed by atoms with van der Waals surface area (Å²) in [4.78, 5) is 16.5. The third-order valence-corrected chi connectivity index (χ3v) is 7.17. The minimum atomic E-state index is -3.33. The van der Waals surface area contributed by atoms with Crippen LogP contribution >= 0.6 is 23.7 Å². The quantitative estimate of drug-likeness (QED) is 0.550. The second-order valence-electron chi connectivity index (χ2n) is 7.97. The van der Waals surface area contributed by atoms with E-state index in [-0.39, 0.29) is 18.3 Å². The highest BCUT2D eigenvalue weighted by Gasteiger charge is 2.32. The first-order valence-corrected chi connectivity index (χ1v) is 13.2. The van der Waals surface area contributed by atoms with Crippen LogP contribution < -0.4 is 10.0 Å². The van der Waals surface area contributed by atoms with E-state index in [1.165, 1.54) is 23.3 Å². The van der Waals surface area contributed by atoms with Crippen molar-refractivity contribution in [2.24, 2.45) is 0 Å². The molecule has 2 atom stereocenters. The molecule has 3 rings (SSSR count). The van der Waals surface area contributed by atoms with Gasteiger partial charge in [-0.25, -0.2) is 8.42 Å². The normalized spacial score (nSPS) is 18.7. The number of carbonyl (C=O) groups is 1. The van der Waals surface area contributed by atoms with E-state index in [9.17, 15) is 13.2 Å². The van der Waals surface area contributed by atoms with Crippen molar-refractivity contribution < 1.29 is 13.2 Å². The molecule has 9 heteroatoms. The molecule has 0 saturated carbocycles. The number of sulfonamides is 1. The Balaban J connectivity index is 0.00000341. The average Bonchev–Trinajstić information content (AvgIpc) is 3.14. The van der Waals surface area contributed by atoms with E-state index in [1.54, 1.807) is 24.3 Å². The zero-order valence-electron chi connectivity index (χ0n) is 18.3. The summed E-state index contributed by atoms with van der Waals surface area (Å²) in [5.41, 5.74) is 2.45. The van der Waals surface area contributed by atoms with Gasteiger partial charge in [0.25, 0.3) is 5.91 Å². The number of rotatable bonds is 9. The van der Waals surface area contributed by atoms with Crippen LogP contribution in [0.2, 0.25) is 0 Å². The van der Waals surface area contributed by atoms with Crippen molar-refractivity contribution >= 4 is 45.4 Å². The van der Waals surface area contributed by atoms with Crippen LogP contribution in [0.15, 0.2) is 35.7 Å². The predicted molar refractivity (Wildman–Crippen MR) is 131 cm³/mol. The SMILES string of the molecule is CCCCC1c2sccc2CC(C)N1CCNC(=O)c1ccc(NS(C)(=O)=O)cc1.Cl. The Morgan fingerprint density at radius 1 is 1.23 bits per heavy atom.